The molecule has 1 N–H and O–H groups in total. The highest BCUT2D eigenvalue weighted by atomic mass is 35.5. The van der Waals surface area contributed by atoms with E-state index >= 15 is 0 Å². The Morgan fingerprint density at radius 1 is 1.38 bits per heavy atom. The van der Waals surface area contributed by atoms with Gasteiger partial charge >= 0.3 is 0 Å². The van der Waals surface area contributed by atoms with E-state index in [1.165, 1.54) is 11.6 Å². The molecular weight excluding hydrogens is 289 g/mol. The Hall–Kier alpha value is -1.39. The third-order valence-corrected chi connectivity index (χ3v) is 3.55. The highest BCUT2D eigenvalue weighted by Crippen LogP contribution is 2.16. The number of hydrogen-bond acceptors (Lipinski definition) is 2. The lowest BCUT2D eigenvalue weighted by Gasteiger charge is -2.06. The Morgan fingerprint density at radius 2 is 2.14 bits per heavy atom. The zero-order valence-electron chi connectivity index (χ0n) is 12.7. The predicted molar refractivity (Wildman–Crippen MR) is 84.0 cm³/mol. The normalized spacial score (nSPS) is 11.3. The monoisotopic (exact) mass is 309 g/mol. The summed E-state index contributed by atoms with van der Waals surface area (Å²) in [7, 11) is 0. The average molecular weight is 310 g/mol. The van der Waals surface area contributed by atoms with Crippen LogP contribution in [0.1, 0.15) is 30.7 Å². The van der Waals surface area contributed by atoms with E-state index in [2.05, 4.69) is 24.3 Å². The molecule has 0 aliphatic rings. The zero-order valence-corrected chi connectivity index (χ0v) is 13.4. The van der Waals surface area contributed by atoms with Crippen molar-refractivity contribution < 1.29 is 4.39 Å². The molecule has 0 unspecified atom stereocenters. The molecule has 114 valence electrons. The van der Waals surface area contributed by atoms with Gasteiger partial charge in [0.1, 0.15) is 5.82 Å². The topological polar surface area (TPSA) is 29.9 Å². The van der Waals surface area contributed by atoms with Crippen LogP contribution in [-0.2, 0) is 13.1 Å². The summed E-state index contributed by atoms with van der Waals surface area (Å²) >= 11 is 5.69. The first-order valence-corrected chi connectivity index (χ1v) is 7.51. The zero-order chi connectivity index (χ0) is 15.4. The van der Waals surface area contributed by atoms with Crippen LogP contribution in [0, 0.1) is 18.7 Å². The number of nitrogens with zero attached hydrogens (tertiary/aromatic N) is 2. The molecule has 0 aliphatic carbocycles. The van der Waals surface area contributed by atoms with Crippen molar-refractivity contribution in [3.63, 3.8) is 0 Å². The summed E-state index contributed by atoms with van der Waals surface area (Å²) in [5, 5.41) is 8.03. The van der Waals surface area contributed by atoms with Gasteiger partial charge in [0.25, 0.3) is 0 Å². The molecule has 5 heteroatoms. The van der Waals surface area contributed by atoms with Crippen molar-refractivity contribution in [1.29, 1.82) is 0 Å². The van der Waals surface area contributed by atoms with Crippen LogP contribution in [0.4, 0.5) is 4.39 Å². The second-order valence-corrected chi connectivity index (χ2v) is 6.12. The molecule has 1 aromatic carbocycles. The molecule has 0 radical (unpaired) electrons. The molecule has 0 saturated heterocycles. The highest BCUT2D eigenvalue weighted by molar-refractivity contribution is 6.30. The maximum atomic E-state index is 13.4. The van der Waals surface area contributed by atoms with Crippen molar-refractivity contribution in [2.75, 3.05) is 6.54 Å². The second kappa shape index (κ2) is 7.05. The summed E-state index contributed by atoms with van der Waals surface area (Å²) in [5.74, 6) is 0.231. The first kappa shape index (κ1) is 16.0. The van der Waals surface area contributed by atoms with E-state index in [4.69, 9.17) is 11.6 Å². The van der Waals surface area contributed by atoms with Gasteiger partial charge in [-0.3, -0.25) is 4.68 Å². The molecule has 0 fully saturated rings. The van der Waals surface area contributed by atoms with Crippen LogP contribution in [-0.4, -0.2) is 16.3 Å². The molecule has 0 saturated carbocycles. The molecule has 1 heterocycles. The number of aromatic nitrogens is 2. The Balaban J connectivity index is 2.02. The van der Waals surface area contributed by atoms with E-state index in [0.717, 1.165) is 24.3 Å². The van der Waals surface area contributed by atoms with Crippen LogP contribution in [0.5, 0.6) is 0 Å². The fourth-order valence-corrected chi connectivity index (χ4v) is 2.25. The smallest absolute Gasteiger partial charge is 0.142 e. The third-order valence-electron chi connectivity index (χ3n) is 3.24. The summed E-state index contributed by atoms with van der Waals surface area (Å²) in [6.07, 6.45) is 2.01. The number of aryl methyl sites for hydroxylation is 1. The molecule has 2 rings (SSSR count). The van der Waals surface area contributed by atoms with Gasteiger partial charge in [0.2, 0.25) is 0 Å². The molecule has 2 aromatic rings. The van der Waals surface area contributed by atoms with Crippen molar-refractivity contribution >= 4 is 11.6 Å². The Bertz CT molecular complexity index is 608. The fraction of sp³-hybridized carbons (Fsp3) is 0.438. The predicted octanol–water partition coefficient (Wildman–Crippen LogP) is 3.78. The second-order valence-electron chi connectivity index (χ2n) is 5.71. The van der Waals surface area contributed by atoms with Crippen LogP contribution < -0.4 is 5.32 Å². The van der Waals surface area contributed by atoms with Crippen LogP contribution in [0.2, 0.25) is 5.02 Å². The van der Waals surface area contributed by atoms with Gasteiger partial charge < -0.3 is 5.32 Å². The fourth-order valence-electron chi connectivity index (χ4n) is 2.13. The van der Waals surface area contributed by atoms with Gasteiger partial charge in [0.05, 0.1) is 17.3 Å². The molecule has 0 bridgehead atoms. The summed E-state index contributed by atoms with van der Waals surface area (Å²) < 4.78 is 15.3. The van der Waals surface area contributed by atoms with Gasteiger partial charge in [-0.05, 0) is 37.1 Å². The minimum Gasteiger partial charge on any atom is -0.312 e. The van der Waals surface area contributed by atoms with E-state index in [1.54, 1.807) is 6.07 Å². The van der Waals surface area contributed by atoms with Crippen molar-refractivity contribution in [2.24, 2.45) is 5.92 Å². The van der Waals surface area contributed by atoms with Gasteiger partial charge in [0, 0.05) is 18.3 Å². The number of hydrogen-bond donors (Lipinski definition) is 1. The molecule has 1 aromatic heterocycles. The van der Waals surface area contributed by atoms with Gasteiger partial charge in [-0.1, -0.05) is 31.5 Å². The van der Waals surface area contributed by atoms with E-state index in [9.17, 15) is 4.39 Å². The molecular formula is C16H21ClFN3. The molecule has 0 amide bonds. The Labute approximate surface area is 130 Å². The van der Waals surface area contributed by atoms with Crippen molar-refractivity contribution in [3.05, 3.63) is 52.1 Å². The highest BCUT2D eigenvalue weighted by Gasteiger charge is 2.07. The maximum absolute atomic E-state index is 13.4. The maximum Gasteiger partial charge on any atom is 0.142 e. The largest absolute Gasteiger partial charge is 0.312 e. The van der Waals surface area contributed by atoms with Crippen LogP contribution >= 0.6 is 11.6 Å². The first-order chi connectivity index (χ1) is 9.95. The summed E-state index contributed by atoms with van der Waals surface area (Å²) in [4.78, 5) is 0. The van der Waals surface area contributed by atoms with Gasteiger partial charge in [-0.2, -0.15) is 5.10 Å². The first-order valence-electron chi connectivity index (χ1n) is 7.13. The SMILES string of the molecule is Cc1nn(Cc2ccc(Cl)c(F)c2)cc1CNCC(C)C. The Kier molecular flexibility index (Phi) is 5.37. The van der Waals surface area contributed by atoms with E-state index < -0.39 is 5.82 Å². The van der Waals surface area contributed by atoms with Crippen molar-refractivity contribution in [2.45, 2.75) is 33.9 Å². The van der Waals surface area contributed by atoms with E-state index in [1.807, 2.05) is 23.9 Å². The number of rotatable bonds is 6. The van der Waals surface area contributed by atoms with Crippen molar-refractivity contribution in [3.8, 4) is 0 Å². The summed E-state index contributed by atoms with van der Waals surface area (Å²) in [6, 6.07) is 4.85. The molecule has 0 atom stereocenters. The lowest BCUT2D eigenvalue weighted by Crippen LogP contribution is -2.19. The van der Waals surface area contributed by atoms with E-state index in [-0.39, 0.29) is 5.02 Å². The minimum atomic E-state index is -0.392. The lowest BCUT2D eigenvalue weighted by molar-refractivity contribution is 0.551. The molecule has 3 nitrogen and oxygen atoms in total. The standard InChI is InChI=1S/C16H21ClFN3/c1-11(2)7-19-8-14-10-21(20-12(14)3)9-13-4-5-15(17)16(18)6-13/h4-6,10-11,19H,7-9H2,1-3H3. The molecule has 0 aliphatic heterocycles. The quantitative estimate of drug-likeness (QED) is 0.880. The average Bonchev–Trinajstić information content (AvgIpc) is 2.74. The van der Waals surface area contributed by atoms with Gasteiger partial charge in [0.15, 0.2) is 0 Å². The van der Waals surface area contributed by atoms with Crippen LogP contribution in [0.3, 0.4) is 0 Å². The van der Waals surface area contributed by atoms with E-state index in [0.29, 0.717) is 12.5 Å². The lowest BCUT2D eigenvalue weighted by atomic mass is 10.2. The number of benzene rings is 1. The summed E-state index contributed by atoms with van der Waals surface area (Å²) in [5.41, 5.74) is 3.02. The number of nitrogens with one attached hydrogen (secondary N) is 1. The van der Waals surface area contributed by atoms with Gasteiger partial charge in [-0.25, -0.2) is 4.39 Å². The molecule has 0 spiro atoms. The Morgan fingerprint density at radius 3 is 2.81 bits per heavy atom. The third kappa shape index (κ3) is 4.55. The van der Waals surface area contributed by atoms with Crippen LogP contribution in [0.15, 0.2) is 24.4 Å². The number of halogens is 2. The van der Waals surface area contributed by atoms with Gasteiger partial charge in [-0.15, -0.1) is 0 Å². The molecule has 21 heavy (non-hydrogen) atoms. The van der Waals surface area contributed by atoms with Crippen molar-refractivity contribution in [1.82, 2.24) is 15.1 Å². The summed E-state index contributed by atoms with van der Waals surface area (Å²) in [6.45, 7) is 8.67. The minimum absolute atomic E-state index is 0.147. The van der Waals surface area contributed by atoms with Crippen LogP contribution in [0.25, 0.3) is 0 Å².